The number of ether oxygens (including phenoxy) is 1. The van der Waals surface area contributed by atoms with E-state index in [0.717, 1.165) is 5.56 Å². The summed E-state index contributed by atoms with van der Waals surface area (Å²) in [5.41, 5.74) is -3.80. The van der Waals surface area contributed by atoms with E-state index in [-0.39, 0.29) is 0 Å². The van der Waals surface area contributed by atoms with Crippen molar-refractivity contribution in [2.75, 3.05) is 26.4 Å². The van der Waals surface area contributed by atoms with Crippen LogP contribution in [0.15, 0.2) is 30.3 Å². The first-order chi connectivity index (χ1) is 12.8. The summed E-state index contributed by atoms with van der Waals surface area (Å²) in [4.78, 5) is 13.3. The molecule has 0 aliphatic carbocycles. The standard InChI is InChI=1S/C22H36O6/c1-19(2,3)17(16-10-8-7-9-11-16)22(27,20(4,5)6)18(26)28-15-21(12-23,13-24)14-25/h7-11,17,23-25,27H,12-15H2,1-6H3. The molecule has 28 heavy (non-hydrogen) atoms. The van der Waals surface area contributed by atoms with E-state index >= 15 is 0 Å². The summed E-state index contributed by atoms with van der Waals surface area (Å²) in [5, 5.41) is 40.3. The summed E-state index contributed by atoms with van der Waals surface area (Å²) in [6.45, 7) is 9.11. The van der Waals surface area contributed by atoms with Crippen LogP contribution in [0.1, 0.15) is 53.0 Å². The normalized spacial score (nSPS) is 16.4. The summed E-state index contributed by atoms with van der Waals surface area (Å²) >= 11 is 0. The van der Waals surface area contributed by atoms with Crippen molar-refractivity contribution in [2.24, 2.45) is 16.2 Å². The van der Waals surface area contributed by atoms with Gasteiger partial charge < -0.3 is 25.2 Å². The van der Waals surface area contributed by atoms with Crippen LogP contribution in [-0.4, -0.2) is 58.4 Å². The number of rotatable bonds is 8. The maximum Gasteiger partial charge on any atom is 0.339 e. The highest BCUT2D eigenvalue weighted by atomic mass is 16.6. The maximum atomic E-state index is 13.3. The third-order valence-electron chi connectivity index (χ3n) is 5.39. The zero-order valence-corrected chi connectivity index (χ0v) is 17.9. The molecule has 0 aliphatic rings. The minimum atomic E-state index is -1.89. The Hall–Kier alpha value is -1.47. The lowest BCUT2D eigenvalue weighted by atomic mass is 9.58. The summed E-state index contributed by atoms with van der Waals surface area (Å²) in [6, 6.07) is 9.34. The molecule has 2 unspecified atom stereocenters. The largest absolute Gasteiger partial charge is 0.463 e. The quantitative estimate of drug-likeness (QED) is 0.501. The van der Waals surface area contributed by atoms with Crippen LogP contribution in [0.3, 0.4) is 0 Å². The van der Waals surface area contributed by atoms with E-state index in [4.69, 9.17) is 4.74 Å². The lowest BCUT2D eigenvalue weighted by Crippen LogP contribution is -2.59. The van der Waals surface area contributed by atoms with Gasteiger partial charge in [0.15, 0.2) is 5.60 Å². The highest BCUT2D eigenvalue weighted by molar-refractivity contribution is 5.82. The molecular formula is C22H36O6. The van der Waals surface area contributed by atoms with Gasteiger partial charge in [-0.1, -0.05) is 71.9 Å². The van der Waals surface area contributed by atoms with Crippen LogP contribution in [0, 0.1) is 16.2 Å². The Labute approximate surface area is 168 Å². The molecule has 0 radical (unpaired) electrons. The second kappa shape index (κ2) is 8.91. The molecule has 1 aromatic carbocycles. The van der Waals surface area contributed by atoms with Gasteiger partial charge in [-0.25, -0.2) is 4.79 Å². The Morgan fingerprint density at radius 2 is 1.39 bits per heavy atom. The van der Waals surface area contributed by atoms with Gasteiger partial charge in [0, 0.05) is 11.3 Å². The number of esters is 1. The van der Waals surface area contributed by atoms with Gasteiger partial charge in [-0.15, -0.1) is 0 Å². The Bertz CT molecular complexity index is 616. The van der Waals surface area contributed by atoms with E-state index in [1.165, 1.54) is 0 Å². The van der Waals surface area contributed by atoms with Crippen LogP contribution in [0.5, 0.6) is 0 Å². The van der Waals surface area contributed by atoms with Crippen LogP contribution < -0.4 is 0 Å². The summed E-state index contributed by atoms with van der Waals surface area (Å²) in [7, 11) is 0. The first-order valence-corrected chi connectivity index (χ1v) is 9.56. The molecule has 1 aromatic rings. The van der Waals surface area contributed by atoms with Crippen LogP contribution in [-0.2, 0) is 9.53 Å². The summed E-state index contributed by atoms with van der Waals surface area (Å²) in [6.07, 6.45) is 0. The van der Waals surface area contributed by atoms with Crippen molar-refractivity contribution in [1.29, 1.82) is 0 Å². The monoisotopic (exact) mass is 396 g/mol. The van der Waals surface area contributed by atoms with E-state index in [0.29, 0.717) is 0 Å². The zero-order chi connectivity index (χ0) is 21.8. The minimum Gasteiger partial charge on any atom is -0.463 e. The number of hydrogen-bond acceptors (Lipinski definition) is 6. The van der Waals surface area contributed by atoms with Gasteiger partial charge in [-0.05, 0) is 11.0 Å². The fourth-order valence-electron chi connectivity index (χ4n) is 3.49. The number of aliphatic hydroxyl groups excluding tert-OH is 3. The molecule has 0 heterocycles. The molecule has 6 heteroatoms. The van der Waals surface area contributed by atoms with Crippen molar-refractivity contribution >= 4 is 5.97 Å². The Balaban J connectivity index is 3.42. The van der Waals surface area contributed by atoms with Gasteiger partial charge >= 0.3 is 5.97 Å². The van der Waals surface area contributed by atoms with Crippen LogP contribution >= 0.6 is 0 Å². The molecule has 1 rings (SSSR count). The van der Waals surface area contributed by atoms with Crippen molar-refractivity contribution < 1.29 is 30.0 Å². The predicted molar refractivity (Wildman–Crippen MR) is 108 cm³/mol. The number of carbonyl (C=O) groups excluding carboxylic acids is 1. The summed E-state index contributed by atoms with van der Waals surface area (Å²) in [5.74, 6) is -1.43. The van der Waals surface area contributed by atoms with Gasteiger partial charge in [0.05, 0.1) is 25.2 Å². The molecule has 0 saturated heterocycles. The van der Waals surface area contributed by atoms with Crippen molar-refractivity contribution in [3.8, 4) is 0 Å². The highest BCUT2D eigenvalue weighted by Gasteiger charge is 2.58. The smallest absolute Gasteiger partial charge is 0.339 e. The number of benzene rings is 1. The lowest BCUT2D eigenvalue weighted by Gasteiger charge is -2.49. The molecule has 0 fully saturated rings. The molecule has 160 valence electrons. The number of aliphatic hydroxyl groups is 4. The van der Waals surface area contributed by atoms with Gasteiger partial charge in [0.2, 0.25) is 0 Å². The third-order valence-corrected chi connectivity index (χ3v) is 5.39. The number of hydrogen-bond donors (Lipinski definition) is 4. The molecule has 0 saturated carbocycles. The fourth-order valence-corrected chi connectivity index (χ4v) is 3.49. The highest BCUT2D eigenvalue weighted by Crippen LogP contribution is 2.51. The Morgan fingerprint density at radius 1 is 0.929 bits per heavy atom. The van der Waals surface area contributed by atoms with Gasteiger partial charge in [-0.2, -0.15) is 0 Å². The molecule has 0 aliphatic heterocycles. The van der Waals surface area contributed by atoms with Crippen molar-refractivity contribution in [3.05, 3.63) is 35.9 Å². The van der Waals surface area contributed by atoms with E-state index in [1.54, 1.807) is 20.8 Å². The van der Waals surface area contributed by atoms with Crippen LogP contribution in [0.4, 0.5) is 0 Å². The minimum absolute atomic E-state index is 0.403. The van der Waals surface area contributed by atoms with Crippen LogP contribution in [0.25, 0.3) is 0 Å². The first kappa shape index (κ1) is 24.6. The van der Waals surface area contributed by atoms with E-state index in [2.05, 4.69) is 0 Å². The van der Waals surface area contributed by atoms with Gasteiger partial charge in [-0.3, -0.25) is 0 Å². The Morgan fingerprint density at radius 3 is 1.75 bits per heavy atom. The Kier molecular flexibility index (Phi) is 7.81. The SMILES string of the molecule is CC(C)(C)C(c1ccccc1)C(O)(C(=O)OCC(CO)(CO)CO)C(C)(C)C. The molecular weight excluding hydrogens is 360 g/mol. The summed E-state index contributed by atoms with van der Waals surface area (Å²) < 4.78 is 5.40. The lowest BCUT2D eigenvalue weighted by molar-refractivity contribution is -0.194. The number of carbonyl (C=O) groups is 1. The predicted octanol–water partition coefficient (Wildman–Crippen LogP) is 2.10. The van der Waals surface area contributed by atoms with Crippen LogP contribution in [0.2, 0.25) is 0 Å². The van der Waals surface area contributed by atoms with Crippen molar-refractivity contribution in [2.45, 2.75) is 53.1 Å². The molecule has 4 N–H and O–H groups in total. The molecule has 6 nitrogen and oxygen atoms in total. The van der Waals surface area contributed by atoms with Crippen molar-refractivity contribution in [1.82, 2.24) is 0 Å². The van der Waals surface area contributed by atoms with Gasteiger partial charge in [0.25, 0.3) is 0 Å². The average molecular weight is 397 g/mol. The second-order valence-corrected chi connectivity index (χ2v) is 9.78. The molecule has 0 spiro atoms. The third kappa shape index (κ3) is 4.92. The molecule has 2 atom stereocenters. The van der Waals surface area contributed by atoms with Crippen molar-refractivity contribution in [3.63, 3.8) is 0 Å². The van der Waals surface area contributed by atoms with Gasteiger partial charge in [0.1, 0.15) is 6.61 Å². The topological polar surface area (TPSA) is 107 Å². The maximum absolute atomic E-state index is 13.3. The van der Waals surface area contributed by atoms with E-state index in [9.17, 15) is 25.2 Å². The molecule has 0 bridgehead atoms. The molecule has 0 aromatic heterocycles. The second-order valence-electron chi connectivity index (χ2n) is 9.78. The van der Waals surface area contributed by atoms with E-state index in [1.807, 2.05) is 51.1 Å². The average Bonchev–Trinajstić information content (AvgIpc) is 2.62. The zero-order valence-electron chi connectivity index (χ0n) is 17.9. The van der Waals surface area contributed by atoms with E-state index < -0.39 is 60.2 Å². The first-order valence-electron chi connectivity index (χ1n) is 9.56. The fraction of sp³-hybridized carbons (Fsp3) is 0.682. The molecule has 0 amide bonds.